The van der Waals surface area contributed by atoms with Crippen LogP contribution >= 0.6 is 0 Å². The van der Waals surface area contributed by atoms with Gasteiger partial charge in [0, 0.05) is 42.8 Å². The van der Waals surface area contributed by atoms with Crippen molar-refractivity contribution in [3.63, 3.8) is 0 Å². The van der Waals surface area contributed by atoms with Gasteiger partial charge in [-0.25, -0.2) is 0 Å². The molecule has 2 heterocycles. The Hall–Kier alpha value is -2.37. The van der Waals surface area contributed by atoms with Gasteiger partial charge in [0.1, 0.15) is 0 Å². The van der Waals surface area contributed by atoms with Gasteiger partial charge in [-0.05, 0) is 74.5 Å². The van der Waals surface area contributed by atoms with Crippen molar-refractivity contribution >= 4 is 5.91 Å². The van der Waals surface area contributed by atoms with E-state index in [2.05, 4.69) is 16.8 Å². The van der Waals surface area contributed by atoms with Gasteiger partial charge in [-0.1, -0.05) is 25.3 Å². The van der Waals surface area contributed by atoms with Crippen LogP contribution in [0.2, 0.25) is 0 Å². The van der Waals surface area contributed by atoms with E-state index in [0.717, 1.165) is 43.7 Å². The molecule has 1 saturated carbocycles. The first-order chi connectivity index (χ1) is 15.7. The van der Waals surface area contributed by atoms with Crippen LogP contribution < -0.4 is 5.32 Å². The number of amides is 1. The highest BCUT2D eigenvalue weighted by Crippen LogP contribution is 2.26. The highest BCUT2D eigenvalue weighted by Gasteiger charge is 2.29. The molecule has 1 aliphatic carbocycles. The van der Waals surface area contributed by atoms with Crippen molar-refractivity contribution in [2.75, 3.05) is 26.2 Å². The van der Waals surface area contributed by atoms with Crippen LogP contribution in [0.1, 0.15) is 55.3 Å². The van der Waals surface area contributed by atoms with Crippen LogP contribution in [0.3, 0.4) is 0 Å². The zero-order chi connectivity index (χ0) is 22.2. The number of ether oxygens (including phenoxy) is 1. The number of nitrogens with zero attached hydrogens (tertiary/aromatic N) is 2. The number of hydrogen-bond acceptors (Lipinski definition) is 3. The zero-order valence-electron chi connectivity index (χ0n) is 19.1. The molecule has 2 aromatic rings. The molecule has 5 heteroatoms. The summed E-state index contributed by atoms with van der Waals surface area (Å²) >= 11 is 0. The molecule has 5 nitrogen and oxygen atoms in total. The standard InChI is InChI=1S/C27H37N3O2/c1-2-19-32-25-10-8-16-29(21-25)20-23-9-4-3-5-11-26(23)28-27(31)22-12-14-24(15-13-22)30-17-6-7-18-30/h2,6-7,12-15,17-18,23,25-26H,1,3-5,8-11,16,19-21H2,(H,28,31)/t23-,25+,26+/m0/s1. The van der Waals surface area contributed by atoms with Gasteiger partial charge in [0.15, 0.2) is 0 Å². The van der Waals surface area contributed by atoms with Crippen LogP contribution in [0.15, 0.2) is 61.4 Å². The van der Waals surface area contributed by atoms with Crippen molar-refractivity contribution in [2.45, 2.75) is 57.1 Å². The third-order valence-electron chi connectivity index (χ3n) is 6.91. The van der Waals surface area contributed by atoms with Gasteiger partial charge in [-0.3, -0.25) is 4.79 Å². The summed E-state index contributed by atoms with van der Waals surface area (Å²) in [4.78, 5) is 15.6. The van der Waals surface area contributed by atoms with Gasteiger partial charge >= 0.3 is 0 Å². The van der Waals surface area contributed by atoms with Gasteiger partial charge in [0.2, 0.25) is 0 Å². The highest BCUT2D eigenvalue weighted by molar-refractivity contribution is 5.94. The maximum Gasteiger partial charge on any atom is 0.251 e. The van der Waals surface area contributed by atoms with Gasteiger partial charge in [0.25, 0.3) is 5.91 Å². The second-order valence-electron chi connectivity index (χ2n) is 9.26. The summed E-state index contributed by atoms with van der Waals surface area (Å²) in [6.45, 7) is 7.57. The van der Waals surface area contributed by atoms with E-state index in [1.807, 2.05) is 59.4 Å². The average molecular weight is 436 g/mol. The molecule has 1 saturated heterocycles. The molecule has 4 rings (SSSR count). The molecule has 0 spiro atoms. The number of piperidine rings is 1. The summed E-state index contributed by atoms with van der Waals surface area (Å²) < 4.78 is 7.98. The highest BCUT2D eigenvalue weighted by atomic mass is 16.5. The number of hydrogen-bond donors (Lipinski definition) is 1. The summed E-state index contributed by atoms with van der Waals surface area (Å²) in [7, 11) is 0. The second-order valence-corrected chi connectivity index (χ2v) is 9.26. The maximum absolute atomic E-state index is 13.1. The Bertz CT molecular complexity index is 846. The number of rotatable bonds is 8. The number of carbonyl (C=O) groups is 1. The molecule has 1 aliphatic heterocycles. The number of benzene rings is 1. The fourth-order valence-electron chi connectivity index (χ4n) is 5.19. The number of likely N-dealkylation sites (tertiary alicyclic amines) is 1. The minimum atomic E-state index is 0.0480. The Morgan fingerprint density at radius 3 is 2.62 bits per heavy atom. The van der Waals surface area contributed by atoms with E-state index < -0.39 is 0 Å². The molecule has 1 aromatic carbocycles. The van der Waals surface area contributed by atoms with E-state index in [0.29, 0.717) is 18.6 Å². The molecular formula is C27H37N3O2. The van der Waals surface area contributed by atoms with Crippen LogP contribution in [-0.2, 0) is 4.74 Å². The minimum Gasteiger partial charge on any atom is -0.373 e. The smallest absolute Gasteiger partial charge is 0.251 e. The topological polar surface area (TPSA) is 46.5 Å². The number of aromatic nitrogens is 1. The number of nitrogens with one attached hydrogen (secondary N) is 1. The molecule has 3 atom stereocenters. The quantitative estimate of drug-likeness (QED) is 0.478. The van der Waals surface area contributed by atoms with Crippen molar-refractivity contribution in [1.82, 2.24) is 14.8 Å². The molecule has 0 bridgehead atoms. The van der Waals surface area contributed by atoms with Crippen molar-refractivity contribution in [2.24, 2.45) is 5.92 Å². The van der Waals surface area contributed by atoms with Crippen LogP contribution in [0.4, 0.5) is 0 Å². The van der Waals surface area contributed by atoms with E-state index in [1.165, 1.54) is 32.1 Å². The summed E-state index contributed by atoms with van der Waals surface area (Å²) in [6.07, 6.45) is 14.4. The van der Waals surface area contributed by atoms with Crippen molar-refractivity contribution in [3.05, 3.63) is 67.0 Å². The van der Waals surface area contributed by atoms with Gasteiger partial charge in [-0.2, -0.15) is 0 Å². The van der Waals surface area contributed by atoms with Crippen LogP contribution in [0.5, 0.6) is 0 Å². The lowest BCUT2D eigenvalue weighted by Crippen LogP contribution is -2.47. The minimum absolute atomic E-state index is 0.0480. The van der Waals surface area contributed by atoms with Crippen molar-refractivity contribution in [1.29, 1.82) is 0 Å². The molecule has 1 aromatic heterocycles. The van der Waals surface area contributed by atoms with E-state index >= 15 is 0 Å². The first-order valence-electron chi connectivity index (χ1n) is 12.2. The summed E-state index contributed by atoms with van der Waals surface area (Å²) in [5.74, 6) is 0.547. The molecule has 1 amide bonds. The van der Waals surface area contributed by atoms with E-state index in [9.17, 15) is 4.79 Å². The fraction of sp³-hybridized carbons (Fsp3) is 0.519. The van der Waals surface area contributed by atoms with E-state index in [-0.39, 0.29) is 11.9 Å². The Balaban J connectivity index is 1.37. The molecular weight excluding hydrogens is 398 g/mol. The van der Waals surface area contributed by atoms with Crippen LogP contribution in [-0.4, -0.2) is 53.8 Å². The average Bonchev–Trinajstić information content (AvgIpc) is 3.28. The lowest BCUT2D eigenvalue weighted by molar-refractivity contribution is 0.00669. The van der Waals surface area contributed by atoms with Crippen LogP contribution in [0, 0.1) is 5.92 Å². The Kier molecular flexibility index (Phi) is 8.18. The zero-order valence-corrected chi connectivity index (χ0v) is 19.1. The summed E-state index contributed by atoms with van der Waals surface area (Å²) in [5.41, 5.74) is 1.80. The molecule has 0 radical (unpaired) electrons. The van der Waals surface area contributed by atoms with Gasteiger partial charge in [-0.15, -0.1) is 6.58 Å². The van der Waals surface area contributed by atoms with Gasteiger partial charge < -0.3 is 19.5 Å². The SMILES string of the molecule is C=CCO[C@@H]1CCCN(C[C@@H]2CCCCC[C@H]2NC(=O)c2ccc(-n3cccc3)cc2)C1. The predicted molar refractivity (Wildman–Crippen MR) is 129 cm³/mol. The Morgan fingerprint density at radius 2 is 1.84 bits per heavy atom. The lowest BCUT2D eigenvalue weighted by atomic mass is 9.92. The molecule has 1 N–H and O–H groups in total. The molecule has 32 heavy (non-hydrogen) atoms. The summed E-state index contributed by atoms with van der Waals surface area (Å²) in [6, 6.07) is 12.1. The second kappa shape index (κ2) is 11.5. The normalized spacial score (nSPS) is 24.6. The first-order valence-corrected chi connectivity index (χ1v) is 12.2. The Labute approximate surface area is 192 Å². The monoisotopic (exact) mass is 435 g/mol. The maximum atomic E-state index is 13.1. The molecule has 2 aliphatic rings. The van der Waals surface area contributed by atoms with Crippen LogP contribution in [0.25, 0.3) is 5.69 Å². The summed E-state index contributed by atoms with van der Waals surface area (Å²) in [5, 5.41) is 3.40. The third-order valence-corrected chi connectivity index (χ3v) is 6.91. The predicted octanol–water partition coefficient (Wildman–Crippen LogP) is 4.82. The van der Waals surface area contributed by atoms with E-state index in [1.54, 1.807) is 0 Å². The Morgan fingerprint density at radius 1 is 1.06 bits per heavy atom. The third kappa shape index (κ3) is 6.11. The largest absolute Gasteiger partial charge is 0.373 e. The first kappa shape index (κ1) is 22.8. The fourth-order valence-corrected chi connectivity index (χ4v) is 5.19. The lowest BCUT2D eigenvalue weighted by Gasteiger charge is -2.37. The van der Waals surface area contributed by atoms with Gasteiger partial charge in [0.05, 0.1) is 12.7 Å². The molecule has 172 valence electrons. The molecule has 2 fully saturated rings. The van der Waals surface area contributed by atoms with Crippen molar-refractivity contribution in [3.8, 4) is 5.69 Å². The number of carbonyl (C=O) groups excluding carboxylic acids is 1. The molecule has 0 unspecified atom stereocenters. The van der Waals surface area contributed by atoms with Crippen molar-refractivity contribution < 1.29 is 9.53 Å². The van der Waals surface area contributed by atoms with E-state index in [4.69, 9.17) is 4.74 Å².